The normalized spacial score (nSPS) is 15.0. The maximum Gasteiger partial charge on any atom is 0.334 e. The molecule has 8 nitrogen and oxygen atoms in total. The summed E-state index contributed by atoms with van der Waals surface area (Å²) in [7, 11) is 3.00. The lowest BCUT2D eigenvalue weighted by Gasteiger charge is -2.30. The smallest absolute Gasteiger partial charge is 0.334 e. The third kappa shape index (κ3) is 4.41. The summed E-state index contributed by atoms with van der Waals surface area (Å²) in [5.41, 5.74) is -0.905. The molecule has 1 amide bonds. The van der Waals surface area contributed by atoms with Crippen LogP contribution in [0.2, 0.25) is 0 Å². The van der Waals surface area contributed by atoms with Gasteiger partial charge in [-0.15, -0.1) is 5.10 Å². The number of hydrogen-bond acceptors (Lipinski definition) is 6. The Labute approximate surface area is 170 Å². The van der Waals surface area contributed by atoms with Crippen molar-refractivity contribution in [2.75, 3.05) is 14.2 Å². The van der Waals surface area contributed by atoms with Crippen LogP contribution in [0.3, 0.4) is 0 Å². The van der Waals surface area contributed by atoms with Crippen LogP contribution in [-0.2, 0) is 10.3 Å². The van der Waals surface area contributed by atoms with Crippen LogP contribution < -0.4 is 20.3 Å². The zero-order valence-corrected chi connectivity index (χ0v) is 17.4. The number of ether oxygens (including phenoxy) is 2. The lowest BCUT2D eigenvalue weighted by Crippen LogP contribution is -2.52. The van der Waals surface area contributed by atoms with Gasteiger partial charge in [0.25, 0.3) is 5.56 Å². The number of nitrogens with one attached hydrogen (secondary N) is 1. The second-order valence-electron chi connectivity index (χ2n) is 7.76. The van der Waals surface area contributed by atoms with Crippen LogP contribution in [0.1, 0.15) is 46.0 Å². The predicted octanol–water partition coefficient (Wildman–Crippen LogP) is 2.51. The topological polar surface area (TPSA) is 95.3 Å². The number of rotatable bonds is 6. The van der Waals surface area contributed by atoms with Crippen LogP contribution in [0.5, 0.6) is 11.8 Å². The number of carbonyl (C=O) groups excluding carboxylic acids is 1. The molecule has 0 atom stereocenters. The van der Waals surface area contributed by atoms with Crippen molar-refractivity contribution in [1.82, 2.24) is 20.1 Å². The summed E-state index contributed by atoms with van der Waals surface area (Å²) in [6.45, 7) is 3.35. The van der Waals surface area contributed by atoms with Crippen LogP contribution in [-0.4, -0.2) is 40.9 Å². The molecule has 156 valence electrons. The molecule has 1 aliphatic carbocycles. The van der Waals surface area contributed by atoms with Crippen molar-refractivity contribution in [3.8, 4) is 23.0 Å². The van der Waals surface area contributed by atoms with Gasteiger partial charge in [-0.05, 0) is 51.0 Å². The molecule has 0 spiro atoms. The maximum absolute atomic E-state index is 13.2. The molecule has 2 aromatic rings. The number of nitrogens with zero attached hydrogens (tertiary/aromatic N) is 3. The minimum absolute atomic E-state index is 0.0222. The van der Waals surface area contributed by atoms with E-state index in [1.165, 1.54) is 13.5 Å². The average molecular weight is 400 g/mol. The van der Waals surface area contributed by atoms with E-state index in [2.05, 4.69) is 15.4 Å². The third-order valence-electron chi connectivity index (χ3n) is 5.36. The van der Waals surface area contributed by atoms with Gasteiger partial charge in [-0.3, -0.25) is 9.59 Å². The fourth-order valence-corrected chi connectivity index (χ4v) is 3.50. The highest BCUT2D eigenvalue weighted by Crippen LogP contribution is 2.23. The molecule has 1 heterocycles. The van der Waals surface area contributed by atoms with Gasteiger partial charge in [0.2, 0.25) is 5.91 Å². The first-order valence-corrected chi connectivity index (χ1v) is 9.88. The van der Waals surface area contributed by atoms with Crippen LogP contribution in [0.25, 0.3) is 11.3 Å². The Kier molecular flexibility index (Phi) is 6.20. The number of methoxy groups -OCH3 is 2. The summed E-state index contributed by atoms with van der Waals surface area (Å²) < 4.78 is 11.5. The zero-order chi connectivity index (χ0) is 21.0. The molecule has 1 aromatic heterocycles. The van der Waals surface area contributed by atoms with E-state index < -0.39 is 11.1 Å². The minimum Gasteiger partial charge on any atom is -0.497 e. The highest BCUT2D eigenvalue weighted by molar-refractivity contribution is 5.83. The second-order valence-corrected chi connectivity index (χ2v) is 7.76. The Morgan fingerprint density at radius 1 is 1.10 bits per heavy atom. The average Bonchev–Trinajstić information content (AvgIpc) is 2.74. The van der Waals surface area contributed by atoms with Crippen molar-refractivity contribution in [2.45, 2.75) is 57.5 Å². The molecule has 1 aliphatic rings. The van der Waals surface area contributed by atoms with Crippen molar-refractivity contribution in [3.05, 3.63) is 34.6 Å². The quantitative estimate of drug-likeness (QED) is 0.801. The van der Waals surface area contributed by atoms with E-state index in [-0.39, 0.29) is 23.7 Å². The maximum atomic E-state index is 13.2. The number of hydrogen-bond donors (Lipinski definition) is 1. The van der Waals surface area contributed by atoms with Gasteiger partial charge >= 0.3 is 6.01 Å². The van der Waals surface area contributed by atoms with Gasteiger partial charge in [0.15, 0.2) is 0 Å². The summed E-state index contributed by atoms with van der Waals surface area (Å²) in [5, 5.41) is 7.26. The van der Waals surface area contributed by atoms with E-state index in [0.717, 1.165) is 30.4 Å². The van der Waals surface area contributed by atoms with E-state index in [9.17, 15) is 9.59 Å². The Hall–Kier alpha value is -2.90. The Bertz CT molecular complexity index is 915. The van der Waals surface area contributed by atoms with Crippen molar-refractivity contribution in [1.29, 1.82) is 0 Å². The first-order chi connectivity index (χ1) is 13.9. The van der Waals surface area contributed by atoms with Gasteiger partial charge in [-0.25, -0.2) is 4.68 Å². The van der Waals surface area contributed by atoms with Gasteiger partial charge in [-0.2, -0.15) is 4.98 Å². The van der Waals surface area contributed by atoms with Crippen LogP contribution in [0.15, 0.2) is 29.1 Å². The highest BCUT2D eigenvalue weighted by Gasteiger charge is 2.35. The molecule has 0 aliphatic heterocycles. The van der Waals surface area contributed by atoms with E-state index in [1.807, 2.05) is 0 Å². The Morgan fingerprint density at radius 3 is 2.34 bits per heavy atom. The molecule has 0 bridgehead atoms. The first-order valence-electron chi connectivity index (χ1n) is 9.88. The summed E-state index contributed by atoms with van der Waals surface area (Å²) in [6.07, 6.45) is 5.33. The van der Waals surface area contributed by atoms with Gasteiger partial charge in [0.1, 0.15) is 17.0 Å². The van der Waals surface area contributed by atoms with Crippen LogP contribution in [0, 0.1) is 0 Å². The van der Waals surface area contributed by atoms with E-state index in [1.54, 1.807) is 45.2 Å². The molecule has 8 heteroatoms. The first kappa shape index (κ1) is 20.8. The molecular weight excluding hydrogens is 372 g/mol. The molecule has 1 N–H and O–H groups in total. The second kappa shape index (κ2) is 8.63. The SMILES string of the molecule is COc1ccc(-c2nc(OC)nn(C(C)(C)C(=O)NC3CCCCC3)c2=O)cc1. The van der Waals surface area contributed by atoms with Crippen molar-refractivity contribution in [2.24, 2.45) is 0 Å². The van der Waals surface area contributed by atoms with E-state index in [4.69, 9.17) is 9.47 Å². The standard InChI is InChI=1S/C21H28N4O4/c1-21(2,19(27)22-15-8-6-5-7-9-15)25-18(26)17(23-20(24-25)29-4)14-10-12-16(28-3)13-11-14/h10-13,15H,5-9H2,1-4H3,(H,22,27). The Morgan fingerprint density at radius 2 is 1.76 bits per heavy atom. The number of amides is 1. The lowest BCUT2D eigenvalue weighted by molar-refractivity contribution is -0.130. The summed E-state index contributed by atoms with van der Waals surface area (Å²) in [6, 6.07) is 7.12. The molecule has 1 fully saturated rings. The summed E-state index contributed by atoms with van der Waals surface area (Å²) >= 11 is 0. The summed E-state index contributed by atoms with van der Waals surface area (Å²) in [5.74, 6) is 0.426. The van der Waals surface area contributed by atoms with Crippen molar-refractivity contribution < 1.29 is 14.3 Å². The lowest BCUT2D eigenvalue weighted by atomic mass is 9.94. The van der Waals surface area contributed by atoms with Crippen LogP contribution >= 0.6 is 0 Å². The fraction of sp³-hybridized carbons (Fsp3) is 0.524. The van der Waals surface area contributed by atoms with Crippen molar-refractivity contribution >= 4 is 5.91 Å². The van der Waals surface area contributed by atoms with Gasteiger partial charge < -0.3 is 14.8 Å². The molecule has 0 unspecified atom stereocenters. The fourth-order valence-electron chi connectivity index (χ4n) is 3.50. The van der Waals surface area contributed by atoms with Gasteiger partial charge in [0, 0.05) is 11.6 Å². The van der Waals surface area contributed by atoms with E-state index in [0.29, 0.717) is 11.3 Å². The molecule has 0 saturated heterocycles. The minimum atomic E-state index is -1.20. The number of carbonyl (C=O) groups is 1. The number of benzene rings is 1. The van der Waals surface area contributed by atoms with Gasteiger partial charge in [0.05, 0.1) is 14.2 Å². The largest absolute Gasteiger partial charge is 0.497 e. The highest BCUT2D eigenvalue weighted by atomic mass is 16.5. The van der Waals surface area contributed by atoms with E-state index >= 15 is 0 Å². The molecule has 0 radical (unpaired) electrons. The monoisotopic (exact) mass is 400 g/mol. The summed E-state index contributed by atoms with van der Waals surface area (Å²) in [4.78, 5) is 30.5. The van der Waals surface area contributed by atoms with Crippen LogP contribution in [0.4, 0.5) is 0 Å². The molecule has 3 rings (SSSR count). The Balaban J connectivity index is 1.98. The van der Waals surface area contributed by atoms with Gasteiger partial charge in [-0.1, -0.05) is 19.3 Å². The third-order valence-corrected chi connectivity index (χ3v) is 5.36. The van der Waals surface area contributed by atoms with Crippen molar-refractivity contribution in [3.63, 3.8) is 0 Å². The zero-order valence-electron chi connectivity index (χ0n) is 17.4. The molecule has 1 aromatic carbocycles. The number of aromatic nitrogens is 3. The molecule has 29 heavy (non-hydrogen) atoms. The predicted molar refractivity (Wildman–Crippen MR) is 109 cm³/mol. The molecule has 1 saturated carbocycles. The molecular formula is C21H28N4O4.